The van der Waals surface area contributed by atoms with E-state index < -0.39 is 11.6 Å². The van der Waals surface area contributed by atoms with Crippen molar-refractivity contribution in [3.8, 4) is 0 Å². The van der Waals surface area contributed by atoms with Crippen LogP contribution in [-0.4, -0.2) is 18.5 Å². The predicted octanol–water partition coefficient (Wildman–Crippen LogP) is 2.21. The summed E-state index contributed by atoms with van der Waals surface area (Å²) in [4.78, 5) is 12.0. The maximum atomic E-state index is 13.7. The van der Waals surface area contributed by atoms with Crippen molar-refractivity contribution in [2.24, 2.45) is 5.92 Å². The van der Waals surface area contributed by atoms with Crippen LogP contribution in [0.2, 0.25) is 0 Å². The van der Waals surface area contributed by atoms with Crippen LogP contribution in [0.15, 0.2) is 12.1 Å². The highest BCUT2D eigenvalue weighted by Gasteiger charge is 2.30. The van der Waals surface area contributed by atoms with E-state index in [-0.39, 0.29) is 23.6 Å². The third-order valence-corrected chi connectivity index (χ3v) is 3.39. The van der Waals surface area contributed by atoms with Gasteiger partial charge in [0.05, 0.1) is 5.92 Å². The molecule has 1 heterocycles. The second-order valence-electron chi connectivity index (χ2n) is 4.68. The number of anilines is 1. The average Bonchev–Trinajstić information content (AvgIpc) is 2.76. The fraction of sp³-hybridized carbons (Fsp3) is 0.462. The average molecular weight is 254 g/mol. The van der Waals surface area contributed by atoms with Crippen LogP contribution in [0, 0.1) is 24.5 Å². The van der Waals surface area contributed by atoms with Gasteiger partial charge in [-0.2, -0.15) is 0 Å². The van der Waals surface area contributed by atoms with Crippen LogP contribution in [0.5, 0.6) is 0 Å². The quantitative estimate of drug-likeness (QED) is 0.849. The van der Waals surface area contributed by atoms with Gasteiger partial charge in [0.25, 0.3) is 0 Å². The number of carbonyl (C=O) groups is 1. The standard InChI is InChI=1S/C13H16F2N2O/c1-7-3-4-10(14)12(11(7)15)17-13(18)9-5-6-16-8(9)2/h3-4,8-9,16H,5-6H2,1-2H3,(H,17,18). The lowest BCUT2D eigenvalue weighted by molar-refractivity contribution is -0.120. The van der Waals surface area contributed by atoms with Gasteiger partial charge in [-0.15, -0.1) is 0 Å². The number of carbonyl (C=O) groups excluding carboxylic acids is 1. The van der Waals surface area contributed by atoms with Gasteiger partial charge >= 0.3 is 0 Å². The molecular weight excluding hydrogens is 238 g/mol. The first-order valence-corrected chi connectivity index (χ1v) is 5.99. The van der Waals surface area contributed by atoms with E-state index >= 15 is 0 Å². The van der Waals surface area contributed by atoms with Gasteiger partial charge in [-0.25, -0.2) is 8.78 Å². The van der Waals surface area contributed by atoms with E-state index in [4.69, 9.17) is 0 Å². The van der Waals surface area contributed by atoms with Gasteiger partial charge in [0, 0.05) is 6.04 Å². The Morgan fingerprint density at radius 2 is 2.17 bits per heavy atom. The number of halogens is 2. The Labute approximate surface area is 105 Å². The molecule has 2 N–H and O–H groups in total. The summed E-state index contributed by atoms with van der Waals surface area (Å²) in [5.74, 6) is -2.03. The Morgan fingerprint density at radius 1 is 1.44 bits per heavy atom. The van der Waals surface area contributed by atoms with Gasteiger partial charge in [-0.3, -0.25) is 4.79 Å². The van der Waals surface area contributed by atoms with Crippen molar-refractivity contribution in [3.63, 3.8) is 0 Å². The normalized spacial score (nSPS) is 23.1. The summed E-state index contributed by atoms with van der Waals surface area (Å²) in [6.45, 7) is 4.17. The first-order valence-electron chi connectivity index (χ1n) is 5.99. The smallest absolute Gasteiger partial charge is 0.229 e. The summed E-state index contributed by atoms with van der Waals surface area (Å²) in [5, 5.41) is 5.49. The van der Waals surface area contributed by atoms with Crippen LogP contribution in [0.4, 0.5) is 14.5 Å². The summed E-state index contributed by atoms with van der Waals surface area (Å²) in [5.41, 5.74) is -0.0385. The molecule has 0 aliphatic carbocycles. The molecule has 0 saturated carbocycles. The van der Waals surface area contributed by atoms with Gasteiger partial charge < -0.3 is 10.6 Å². The number of hydrogen-bond donors (Lipinski definition) is 2. The van der Waals surface area contributed by atoms with E-state index in [1.54, 1.807) is 0 Å². The van der Waals surface area contributed by atoms with Gasteiger partial charge in [0.2, 0.25) is 5.91 Å². The van der Waals surface area contributed by atoms with E-state index in [9.17, 15) is 13.6 Å². The molecule has 1 aromatic carbocycles. The SMILES string of the molecule is Cc1ccc(F)c(NC(=O)C2CCNC2C)c1F. The number of nitrogens with one attached hydrogen (secondary N) is 2. The van der Waals surface area contributed by atoms with Gasteiger partial charge in [-0.05, 0) is 38.4 Å². The zero-order valence-corrected chi connectivity index (χ0v) is 10.4. The fourth-order valence-corrected chi connectivity index (χ4v) is 2.20. The molecule has 1 fully saturated rings. The Hall–Kier alpha value is -1.49. The van der Waals surface area contributed by atoms with E-state index in [1.165, 1.54) is 13.0 Å². The molecule has 1 amide bonds. The van der Waals surface area contributed by atoms with E-state index in [2.05, 4.69) is 10.6 Å². The van der Waals surface area contributed by atoms with E-state index in [1.807, 2.05) is 6.92 Å². The molecule has 1 aliphatic heterocycles. The lowest BCUT2D eigenvalue weighted by atomic mass is 10.0. The lowest BCUT2D eigenvalue weighted by Crippen LogP contribution is -2.32. The van der Waals surface area contributed by atoms with Crippen molar-refractivity contribution in [2.75, 3.05) is 11.9 Å². The number of aryl methyl sites for hydroxylation is 1. The van der Waals surface area contributed by atoms with Crippen molar-refractivity contribution in [2.45, 2.75) is 26.3 Å². The number of amides is 1. The molecule has 0 bridgehead atoms. The molecule has 18 heavy (non-hydrogen) atoms. The van der Waals surface area contributed by atoms with Crippen LogP contribution in [0.25, 0.3) is 0 Å². The summed E-state index contributed by atoms with van der Waals surface area (Å²) < 4.78 is 27.2. The summed E-state index contributed by atoms with van der Waals surface area (Å²) >= 11 is 0. The molecule has 98 valence electrons. The van der Waals surface area contributed by atoms with Crippen LogP contribution in [0.3, 0.4) is 0 Å². The largest absolute Gasteiger partial charge is 0.321 e. The van der Waals surface area contributed by atoms with Gasteiger partial charge in [0.15, 0.2) is 5.82 Å². The monoisotopic (exact) mass is 254 g/mol. The molecule has 2 unspecified atom stereocenters. The van der Waals surface area contributed by atoms with Gasteiger partial charge in [0.1, 0.15) is 11.5 Å². The van der Waals surface area contributed by atoms with E-state index in [0.717, 1.165) is 12.6 Å². The molecule has 1 aliphatic rings. The minimum atomic E-state index is -0.745. The molecule has 0 aromatic heterocycles. The Kier molecular flexibility index (Phi) is 3.61. The summed E-state index contributed by atoms with van der Waals surface area (Å²) in [6, 6.07) is 2.53. The highest BCUT2D eigenvalue weighted by Crippen LogP contribution is 2.24. The van der Waals surface area contributed by atoms with Crippen molar-refractivity contribution in [1.29, 1.82) is 0 Å². The third kappa shape index (κ3) is 2.36. The number of rotatable bonds is 2. The maximum absolute atomic E-state index is 13.7. The summed E-state index contributed by atoms with van der Waals surface area (Å²) in [7, 11) is 0. The second-order valence-corrected chi connectivity index (χ2v) is 4.68. The lowest BCUT2D eigenvalue weighted by Gasteiger charge is -2.16. The van der Waals surface area contributed by atoms with Crippen LogP contribution in [-0.2, 0) is 4.79 Å². The van der Waals surface area contributed by atoms with Crippen molar-refractivity contribution < 1.29 is 13.6 Å². The van der Waals surface area contributed by atoms with Crippen LogP contribution in [0.1, 0.15) is 18.9 Å². The van der Waals surface area contributed by atoms with Crippen molar-refractivity contribution in [3.05, 3.63) is 29.3 Å². The molecule has 2 atom stereocenters. The highest BCUT2D eigenvalue weighted by atomic mass is 19.1. The minimum absolute atomic E-state index is 0.0286. The molecule has 5 heteroatoms. The summed E-state index contributed by atoms with van der Waals surface area (Å²) in [6.07, 6.45) is 0.683. The molecule has 0 radical (unpaired) electrons. The van der Waals surface area contributed by atoms with Crippen molar-refractivity contribution in [1.82, 2.24) is 5.32 Å². The topological polar surface area (TPSA) is 41.1 Å². The molecule has 2 rings (SSSR count). The zero-order chi connectivity index (χ0) is 13.3. The number of hydrogen-bond acceptors (Lipinski definition) is 2. The fourth-order valence-electron chi connectivity index (χ4n) is 2.20. The first-order chi connectivity index (χ1) is 8.50. The molecular formula is C13H16F2N2O. The third-order valence-electron chi connectivity index (χ3n) is 3.39. The van der Waals surface area contributed by atoms with Crippen LogP contribution < -0.4 is 10.6 Å². The zero-order valence-electron chi connectivity index (χ0n) is 10.4. The van der Waals surface area contributed by atoms with E-state index in [0.29, 0.717) is 12.0 Å². The van der Waals surface area contributed by atoms with Gasteiger partial charge in [-0.1, -0.05) is 6.07 Å². The minimum Gasteiger partial charge on any atom is -0.321 e. The molecule has 3 nitrogen and oxygen atoms in total. The first kappa shape index (κ1) is 13.0. The number of benzene rings is 1. The second kappa shape index (κ2) is 5.02. The molecule has 1 aromatic rings. The molecule has 1 saturated heterocycles. The Balaban J connectivity index is 2.19. The van der Waals surface area contributed by atoms with Crippen LogP contribution >= 0.6 is 0 Å². The van der Waals surface area contributed by atoms with Crippen molar-refractivity contribution >= 4 is 11.6 Å². The Morgan fingerprint density at radius 3 is 2.78 bits per heavy atom. The predicted molar refractivity (Wildman–Crippen MR) is 65.3 cm³/mol. The maximum Gasteiger partial charge on any atom is 0.229 e. The highest BCUT2D eigenvalue weighted by molar-refractivity contribution is 5.93. The molecule has 0 spiro atoms. The Bertz CT molecular complexity index is 476.